The Morgan fingerprint density at radius 1 is 1.14 bits per heavy atom. The van der Waals surface area contributed by atoms with Gasteiger partial charge in [0.25, 0.3) is 0 Å². The number of carbonyl (C=O) groups excluding carboxylic acids is 1. The molecule has 1 aromatic carbocycles. The number of carbonyl (C=O) groups is 1. The standard InChI is InChI=1S/C21H34N4O4/c1-4-23(5-2)11-16-10-17-12-24(13-19(26)20(27)14-25(16)17)21(28)22-15-6-8-18(29-3)9-7-15/h6-9,16-17,19-20,26-27H,4-5,10-14H2,1-3H3,(H,22,28)/t16-,17+,19?,20?/m0/s1. The molecule has 1 aromatic rings. The predicted octanol–water partition coefficient (Wildman–Crippen LogP) is 1.05. The molecular weight excluding hydrogens is 372 g/mol. The number of β-amino-alcohol motifs (C(OH)–C–C–N with tert-alkyl or cyclic N) is 1. The van der Waals surface area contributed by atoms with Crippen LogP contribution in [-0.2, 0) is 0 Å². The average molecular weight is 407 g/mol. The van der Waals surface area contributed by atoms with E-state index in [1.807, 2.05) is 0 Å². The van der Waals surface area contributed by atoms with E-state index in [2.05, 4.69) is 29.0 Å². The first-order valence-electron chi connectivity index (χ1n) is 10.5. The fraction of sp³-hybridized carbons (Fsp3) is 0.667. The van der Waals surface area contributed by atoms with Crippen molar-refractivity contribution in [2.24, 2.45) is 0 Å². The SMILES string of the molecule is CCN(CC)C[C@@H]1C[C@@H]2CN(C(=O)Nc3ccc(OC)cc3)CC(O)C(O)CN21. The third-order valence-corrected chi connectivity index (χ3v) is 6.15. The first-order valence-corrected chi connectivity index (χ1v) is 10.5. The summed E-state index contributed by atoms with van der Waals surface area (Å²) in [4.78, 5) is 19.1. The van der Waals surface area contributed by atoms with Gasteiger partial charge in [-0.25, -0.2) is 4.79 Å². The van der Waals surface area contributed by atoms with Crippen molar-refractivity contribution in [1.29, 1.82) is 0 Å². The second kappa shape index (κ2) is 9.75. The lowest BCUT2D eigenvalue weighted by atomic mass is 9.89. The number of fused-ring (bicyclic) bond motifs is 1. The molecule has 0 aromatic heterocycles. The monoisotopic (exact) mass is 406 g/mol. The Kier molecular flexibility index (Phi) is 7.34. The molecule has 2 unspecified atom stereocenters. The maximum atomic E-state index is 12.8. The molecule has 0 aliphatic carbocycles. The number of hydrogen-bond acceptors (Lipinski definition) is 6. The fourth-order valence-electron chi connectivity index (χ4n) is 4.24. The van der Waals surface area contributed by atoms with Gasteiger partial charge in [-0.3, -0.25) is 4.90 Å². The van der Waals surface area contributed by atoms with E-state index in [0.29, 0.717) is 24.8 Å². The number of aliphatic hydroxyl groups excluding tert-OH is 2. The number of ether oxygens (including phenoxy) is 1. The molecule has 2 heterocycles. The van der Waals surface area contributed by atoms with Crippen LogP contribution >= 0.6 is 0 Å². The van der Waals surface area contributed by atoms with Gasteiger partial charge in [-0.15, -0.1) is 0 Å². The van der Waals surface area contributed by atoms with Gasteiger partial charge in [-0.1, -0.05) is 13.8 Å². The van der Waals surface area contributed by atoms with Crippen molar-refractivity contribution in [3.05, 3.63) is 24.3 Å². The normalized spacial score (nSPS) is 27.6. The molecule has 29 heavy (non-hydrogen) atoms. The molecule has 4 atom stereocenters. The Morgan fingerprint density at radius 3 is 2.41 bits per heavy atom. The topological polar surface area (TPSA) is 88.5 Å². The minimum atomic E-state index is -0.965. The second-order valence-electron chi connectivity index (χ2n) is 7.92. The third kappa shape index (κ3) is 5.19. The lowest BCUT2D eigenvalue weighted by molar-refractivity contribution is -0.0937. The van der Waals surface area contributed by atoms with Crippen LogP contribution in [-0.4, -0.2) is 102 Å². The van der Waals surface area contributed by atoms with Crippen molar-refractivity contribution in [1.82, 2.24) is 14.7 Å². The van der Waals surface area contributed by atoms with Crippen molar-refractivity contribution in [2.45, 2.75) is 44.6 Å². The summed E-state index contributed by atoms with van der Waals surface area (Å²) in [5.74, 6) is 0.720. The molecule has 0 saturated carbocycles. The number of urea groups is 1. The molecule has 2 amide bonds. The highest BCUT2D eigenvalue weighted by Gasteiger charge is 2.44. The second-order valence-corrected chi connectivity index (χ2v) is 7.92. The van der Waals surface area contributed by atoms with Crippen molar-refractivity contribution >= 4 is 11.7 Å². The lowest BCUT2D eigenvalue weighted by Crippen LogP contribution is -2.68. The summed E-state index contributed by atoms with van der Waals surface area (Å²) in [6, 6.07) is 7.42. The first-order chi connectivity index (χ1) is 13.9. The van der Waals surface area contributed by atoms with Crippen LogP contribution in [0.15, 0.2) is 24.3 Å². The lowest BCUT2D eigenvalue weighted by Gasteiger charge is -2.53. The predicted molar refractivity (Wildman–Crippen MR) is 112 cm³/mol. The number of amides is 2. The Labute approximate surface area is 173 Å². The minimum Gasteiger partial charge on any atom is -0.497 e. The van der Waals surface area contributed by atoms with Crippen molar-refractivity contribution in [2.75, 3.05) is 51.7 Å². The van der Waals surface area contributed by atoms with Gasteiger partial charge >= 0.3 is 6.03 Å². The number of anilines is 1. The highest BCUT2D eigenvalue weighted by molar-refractivity contribution is 5.89. The summed E-state index contributed by atoms with van der Waals surface area (Å²) >= 11 is 0. The number of hydrogen-bond donors (Lipinski definition) is 3. The van der Waals surface area contributed by atoms with Crippen LogP contribution in [0.1, 0.15) is 20.3 Å². The molecule has 2 aliphatic rings. The van der Waals surface area contributed by atoms with E-state index < -0.39 is 12.2 Å². The van der Waals surface area contributed by atoms with Crippen LogP contribution in [0.25, 0.3) is 0 Å². The quantitative estimate of drug-likeness (QED) is 0.655. The maximum absolute atomic E-state index is 12.8. The zero-order valence-electron chi connectivity index (χ0n) is 17.6. The smallest absolute Gasteiger partial charge is 0.321 e. The van der Waals surface area contributed by atoms with E-state index in [1.165, 1.54) is 0 Å². The third-order valence-electron chi connectivity index (χ3n) is 6.15. The highest BCUT2D eigenvalue weighted by Crippen LogP contribution is 2.30. The van der Waals surface area contributed by atoms with Crippen LogP contribution in [0.3, 0.4) is 0 Å². The number of rotatable bonds is 6. The summed E-state index contributed by atoms with van der Waals surface area (Å²) in [6.07, 6.45) is -0.841. The molecule has 8 nitrogen and oxygen atoms in total. The average Bonchev–Trinajstić information content (AvgIpc) is 2.72. The van der Waals surface area contributed by atoms with Gasteiger partial charge in [0.15, 0.2) is 0 Å². The van der Waals surface area contributed by atoms with E-state index in [-0.39, 0.29) is 18.6 Å². The zero-order chi connectivity index (χ0) is 21.0. The Hall–Kier alpha value is -1.87. The zero-order valence-corrected chi connectivity index (χ0v) is 17.6. The van der Waals surface area contributed by atoms with Crippen LogP contribution in [0, 0.1) is 0 Å². The molecule has 162 valence electrons. The van der Waals surface area contributed by atoms with Crippen molar-refractivity contribution < 1.29 is 19.7 Å². The van der Waals surface area contributed by atoms with E-state index in [1.54, 1.807) is 36.3 Å². The summed E-state index contributed by atoms with van der Waals surface area (Å²) < 4.78 is 5.14. The van der Waals surface area contributed by atoms with Crippen molar-refractivity contribution in [3.63, 3.8) is 0 Å². The van der Waals surface area contributed by atoms with Crippen LogP contribution in [0.2, 0.25) is 0 Å². The van der Waals surface area contributed by atoms with Gasteiger partial charge in [-0.2, -0.15) is 0 Å². The molecule has 3 N–H and O–H groups in total. The van der Waals surface area contributed by atoms with Gasteiger partial charge in [0, 0.05) is 37.4 Å². The van der Waals surface area contributed by atoms with E-state index in [4.69, 9.17) is 4.74 Å². The molecule has 3 rings (SSSR count). The number of aliphatic hydroxyl groups is 2. The van der Waals surface area contributed by atoms with Gasteiger partial charge in [-0.05, 0) is 43.8 Å². The molecule has 8 heteroatoms. The Morgan fingerprint density at radius 2 is 1.79 bits per heavy atom. The Bertz CT molecular complexity index is 667. The number of likely N-dealkylation sites (N-methyl/N-ethyl adjacent to an activating group) is 1. The number of methoxy groups -OCH3 is 1. The van der Waals surface area contributed by atoms with E-state index >= 15 is 0 Å². The Balaban J connectivity index is 1.64. The molecule has 2 fully saturated rings. The maximum Gasteiger partial charge on any atom is 0.321 e. The van der Waals surface area contributed by atoms with E-state index in [0.717, 1.165) is 31.8 Å². The van der Waals surface area contributed by atoms with Gasteiger partial charge in [0.05, 0.1) is 25.9 Å². The van der Waals surface area contributed by atoms with Crippen molar-refractivity contribution in [3.8, 4) is 5.75 Å². The molecule has 2 saturated heterocycles. The summed E-state index contributed by atoms with van der Waals surface area (Å²) in [7, 11) is 1.60. The number of nitrogens with one attached hydrogen (secondary N) is 1. The van der Waals surface area contributed by atoms with Crippen LogP contribution in [0.4, 0.5) is 10.5 Å². The molecular formula is C21H34N4O4. The number of benzene rings is 1. The first kappa shape index (κ1) is 21.8. The summed E-state index contributed by atoms with van der Waals surface area (Å²) in [5.41, 5.74) is 0.665. The molecule has 0 spiro atoms. The largest absolute Gasteiger partial charge is 0.497 e. The van der Waals surface area contributed by atoms with Gasteiger partial charge in [0.2, 0.25) is 0 Å². The fourth-order valence-corrected chi connectivity index (χ4v) is 4.24. The summed E-state index contributed by atoms with van der Waals surface area (Å²) in [5, 5.41) is 23.7. The summed E-state index contributed by atoms with van der Waals surface area (Å²) in [6.45, 7) is 8.35. The van der Waals surface area contributed by atoms with Gasteiger partial charge in [0.1, 0.15) is 5.75 Å². The van der Waals surface area contributed by atoms with Crippen LogP contribution in [0.5, 0.6) is 5.75 Å². The number of nitrogens with zero attached hydrogens (tertiary/aromatic N) is 3. The highest BCUT2D eigenvalue weighted by atomic mass is 16.5. The molecule has 0 radical (unpaired) electrons. The molecule has 2 aliphatic heterocycles. The minimum absolute atomic E-state index is 0.119. The molecule has 0 bridgehead atoms. The van der Waals surface area contributed by atoms with Crippen LogP contribution < -0.4 is 10.1 Å². The van der Waals surface area contributed by atoms with E-state index in [9.17, 15) is 15.0 Å². The van der Waals surface area contributed by atoms with Gasteiger partial charge < -0.3 is 30.1 Å².